The lowest BCUT2D eigenvalue weighted by Crippen LogP contribution is -2.51. The minimum atomic E-state index is 0.145. The fraction of sp³-hybridized carbons (Fsp3) is 0.538. The van der Waals surface area contributed by atoms with Gasteiger partial charge in [0, 0.05) is 43.6 Å². The summed E-state index contributed by atoms with van der Waals surface area (Å²) in [6, 6.07) is 8.93. The van der Waals surface area contributed by atoms with Gasteiger partial charge in [0.05, 0.1) is 24.0 Å². The minimum absolute atomic E-state index is 0.145. The number of rotatable bonds is 6. The predicted octanol–water partition coefficient (Wildman–Crippen LogP) is 4.19. The van der Waals surface area contributed by atoms with E-state index < -0.39 is 0 Å². The number of para-hydroxylation sites is 2. The van der Waals surface area contributed by atoms with Gasteiger partial charge in [0.1, 0.15) is 10.6 Å². The van der Waals surface area contributed by atoms with Gasteiger partial charge in [0.25, 0.3) is 5.56 Å². The number of piperazine rings is 1. The number of thiophene rings is 1. The summed E-state index contributed by atoms with van der Waals surface area (Å²) in [5, 5.41) is 0.883. The molecule has 2 aliphatic rings. The lowest BCUT2D eigenvalue weighted by molar-refractivity contribution is 0.171. The predicted molar refractivity (Wildman–Crippen MR) is 136 cm³/mol. The van der Waals surface area contributed by atoms with Crippen LogP contribution in [0.15, 0.2) is 35.4 Å². The first-order valence-electron chi connectivity index (χ1n) is 12.3. The molecule has 1 saturated heterocycles. The first kappa shape index (κ1) is 22.4. The van der Waals surface area contributed by atoms with Gasteiger partial charge in [0.2, 0.25) is 0 Å². The maximum Gasteiger partial charge on any atom is 0.262 e. The fourth-order valence-electron chi connectivity index (χ4n) is 5.34. The van der Waals surface area contributed by atoms with E-state index in [1.54, 1.807) is 22.2 Å². The maximum atomic E-state index is 13.1. The SMILES string of the molecule is CCOc1ccccc1N1CCN([C@@H]2CCc3c(sc4ncn(CC(C)C)c(=O)c34)C2)CC1. The standard InChI is InChI=1S/C26H34N4O2S/c1-4-32-22-8-6-5-7-21(22)29-13-11-28(12-14-29)19-9-10-20-23(15-19)33-25-24(20)26(31)30(17-27-25)16-18(2)3/h5-8,17-19H,4,9-16H2,1-3H3/t19-/m1/s1. The van der Waals surface area contributed by atoms with Crippen molar-refractivity contribution in [2.24, 2.45) is 5.92 Å². The molecule has 7 heteroatoms. The van der Waals surface area contributed by atoms with E-state index in [0.29, 0.717) is 18.6 Å². The molecule has 0 spiro atoms. The topological polar surface area (TPSA) is 50.6 Å². The molecule has 1 atom stereocenters. The highest BCUT2D eigenvalue weighted by atomic mass is 32.1. The zero-order valence-electron chi connectivity index (χ0n) is 19.9. The molecule has 0 bridgehead atoms. The quantitative estimate of drug-likeness (QED) is 0.545. The normalized spacial score (nSPS) is 19.3. The van der Waals surface area contributed by atoms with E-state index in [9.17, 15) is 4.79 Å². The molecule has 1 aromatic carbocycles. The highest BCUT2D eigenvalue weighted by Gasteiger charge is 2.31. The van der Waals surface area contributed by atoms with Gasteiger partial charge >= 0.3 is 0 Å². The van der Waals surface area contributed by atoms with Crippen LogP contribution in [0.25, 0.3) is 10.2 Å². The van der Waals surface area contributed by atoms with E-state index in [-0.39, 0.29) is 5.56 Å². The van der Waals surface area contributed by atoms with Crippen molar-refractivity contribution in [3.63, 3.8) is 0 Å². The Balaban J connectivity index is 1.29. The van der Waals surface area contributed by atoms with Crippen LogP contribution in [-0.2, 0) is 19.4 Å². The van der Waals surface area contributed by atoms with Crippen LogP contribution < -0.4 is 15.2 Å². The molecule has 3 aromatic rings. The molecular weight excluding hydrogens is 432 g/mol. The second-order valence-electron chi connectivity index (χ2n) is 9.60. The van der Waals surface area contributed by atoms with Crippen LogP contribution in [0.3, 0.4) is 0 Å². The summed E-state index contributed by atoms with van der Waals surface area (Å²) in [6.07, 6.45) is 4.88. The summed E-state index contributed by atoms with van der Waals surface area (Å²) in [4.78, 5) is 25.2. The van der Waals surface area contributed by atoms with Crippen molar-refractivity contribution >= 4 is 27.2 Å². The Labute approximate surface area is 199 Å². The molecular formula is C26H34N4O2S. The first-order valence-corrected chi connectivity index (χ1v) is 13.1. The lowest BCUT2D eigenvalue weighted by Gasteiger charge is -2.41. The second kappa shape index (κ2) is 9.47. The number of aryl methyl sites for hydroxylation is 1. The van der Waals surface area contributed by atoms with Gasteiger partial charge in [-0.1, -0.05) is 26.0 Å². The van der Waals surface area contributed by atoms with Crippen LogP contribution in [0.1, 0.15) is 37.6 Å². The third-order valence-electron chi connectivity index (χ3n) is 6.91. The summed E-state index contributed by atoms with van der Waals surface area (Å²) in [7, 11) is 0. The van der Waals surface area contributed by atoms with Crippen molar-refractivity contribution in [1.29, 1.82) is 0 Å². The van der Waals surface area contributed by atoms with E-state index in [1.807, 2.05) is 13.0 Å². The monoisotopic (exact) mass is 466 g/mol. The summed E-state index contributed by atoms with van der Waals surface area (Å²) in [5.41, 5.74) is 2.62. The Hall–Kier alpha value is -2.38. The zero-order chi connectivity index (χ0) is 22.9. The molecule has 6 nitrogen and oxygen atoms in total. The smallest absolute Gasteiger partial charge is 0.262 e. The van der Waals surface area contributed by atoms with Crippen LogP contribution in [-0.4, -0.2) is 53.3 Å². The number of hydrogen-bond acceptors (Lipinski definition) is 6. The van der Waals surface area contributed by atoms with Crippen LogP contribution in [0.2, 0.25) is 0 Å². The number of fused-ring (bicyclic) bond motifs is 3. The average molecular weight is 467 g/mol. The number of nitrogens with zero attached hydrogens (tertiary/aromatic N) is 4. The van der Waals surface area contributed by atoms with E-state index in [1.165, 1.54) is 16.1 Å². The maximum absolute atomic E-state index is 13.1. The Morgan fingerprint density at radius 2 is 1.97 bits per heavy atom. The van der Waals surface area contributed by atoms with Crippen LogP contribution >= 0.6 is 11.3 Å². The average Bonchev–Trinajstić information content (AvgIpc) is 3.20. The molecule has 33 heavy (non-hydrogen) atoms. The molecule has 176 valence electrons. The van der Waals surface area contributed by atoms with Crippen LogP contribution in [0.5, 0.6) is 5.75 Å². The Bertz CT molecular complexity index is 1180. The van der Waals surface area contributed by atoms with Gasteiger partial charge in [-0.05, 0) is 49.8 Å². The molecule has 0 saturated carbocycles. The Kier molecular flexibility index (Phi) is 6.43. The van der Waals surface area contributed by atoms with Crippen molar-refractivity contribution in [1.82, 2.24) is 14.5 Å². The van der Waals surface area contributed by atoms with E-state index in [2.05, 4.69) is 46.8 Å². The Morgan fingerprint density at radius 1 is 1.18 bits per heavy atom. The van der Waals surface area contributed by atoms with Crippen LogP contribution in [0.4, 0.5) is 5.69 Å². The van der Waals surface area contributed by atoms with Gasteiger partial charge in [0.15, 0.2) is 0 Å². The molecule has 0 amide bonds. The number of benzene rings is 1. The van der Waals surface area contributed by atoms with Crippen molar-refractivity contribution in [3.8, 4) is 5.75 Å². The number of ether oxygens (including phenoxy) is 1. The van der Waals surface area contributed by atoms with Crippen molar-refractivity contribution in [3.05, 3.63) is 51.4 Å². The van der Waals surface area contributed by atoms with Crippen LogP contribution in [0, 0.1) is 5.92 Å². The first-order chi connectivity index (χ1) is 16.0. The molecule has 5 rings (SSSR count). The van der Waals surface area contributed by atoms with E-state index >= 15 is 0 Å². The van der Waals surface area contributed by atoms with Crippen molar-refractivity contribution in [2.45, 2.75) is 52.6 Å². The minimum Gasteiger partial charge on any atom is -0.492 e. The van der Waals surface area contributed by atoms with E-state index in [0.717, 1.165) is 68.0 Å². The number of anilines is 1. The van der Waals surface area contributed by atoms with Gasteiger partial charge in [-0.2, -0.15) is 0 Å². The van der Waals surface area contributed by atoms with Gasteiger partial charge in [-0.25, -0.2) is 4.98 Å². The summed E-state index contributed by atoms with van der Waals surface area (Å²) < 4.78 is 7.65. The third-order valence-corrected chi connectivity index (χ3v) is 8.07. The summed E-state index contributed by atoms with van der Waals surface area (Å²) in [5.74, 6) is 1.41. The molecule has 1 aliphatic heterocycles. The fourth-order valence-corrected chi connectivity index (χ4v) is 6.59. The summed E-state index contributed by atoms with van der Waals surface area (Å²) in [6.45, 7) is 11.9. The molecule has 1 fully saturated rings. The molecule has 0 N–H and O–H groups in total. The molecule has 3 heterocycles. The molecule has 1 aliphatic carbocycles. The van der Waals surface area contributed by atoms with Gasteiger partial charge in [-0.3, -0.25) is 14.3 Å². The van der Waals surface area contributed by atoms with Gasteiger partial charge < -0.3 is 9.64 Å². The molecule has 0 unspecified atom stereocenters. The van der Waals surface area contributed by atoms with Crippen molar-refractivity contribution < 1.29 is 4.74 Å². The van der Waals surface area contributed by atoms with E-state index in [4.69, 9.17) is 4.74 Å². The second-order valence-corrected chi connectivity index (χ2v) is 10.7. The largest absolute Gasteiger partial charge is 0.492 e. The lowest BCUT2D eigenvalue weighted by atomic mass is 9.91. The number of hydrogen-bond donors (Lipinski definition) is 0. The molecule has 0 radical (unpaired) electrons. The molecule has 2 aromatic heterocycles. The zero-order valence-corrected chi connectivity index (χ0v) is 20.7. The summed E-state index contributed by atoms with van der Waals surface area (Å²) >= 11 is 1.74. The Morgan fingerprint density at radius 3 is 2.73 bits per heavy atom. The highest BCUT2D eigenvalue weighted by Crippen LogP contribution is 2.36. The van der Waals surface area contributed by atoms with Gasteiger partial charge in [-0.15, -0.1) is 11.3 Å². The van der Waals surface area contributed by atoms with Crippen molar-refractivity contribution in [2.75, 3.05) is 37.7 Å². The number of aromatic nitrogens is 2. The third kappa shape index (κ3) is 4.41. The highest BCUT2D eigenvalue weighted by molar-refractivity contribution is 7.18.